The summed E-state index contributed by atoms with van der Waals surface area (Å²) >= 11 is 0. The number of anilines is 1. The second-order valence-corrected chi connectivity index (χ2v) is 6.81. The third-order valence-corrected chi connectivity index (χ3v) is 4.91. The van der Waals surface area contributed by atoms with E-state index >= 15 is 0 Å². The molecule has 0 aliphatic heterocycles. The molecule has 25 heavy (non-hydrogen) atoms. The molecule has 0 N–H and O–H groups in total. The molecule has 0 fully saturated rings. The smallest absolute Gasteiger partial charge is 0.110 e. The largest absolute Gasteiger partial charge is 0.378 e. The summed E-state index contributed by atoms with van der Waals surface area (Å²) in [6.07, 6.45) is 0.970. The normalized spacial score (nSPS) is 12.5. The van der Waals surface area contributed by atoms with Crippen molar-refractivity contribution in [3.05, 3.63) is 65.4 Å². The van der Waals surface area contributed by atoms with Crippen molar-refractivity contribution in [1.29, 1.82) is 0 Å². The third-order valence-electron chi connectivity index (χ3n) is 4.91. The number of nitrogens with zero attached hydrogens (tertiary/aromatic N) is 2. The van der Waals surface area contributed by atoms with Crippen molar-refractivity contribution in [2.24, 2.45) is 7.05 Å². The Labute approximate surface area is 150 Å². The number of para-hydroxylation sites is 1. The van der Waals surface area contributed by atoms with Gasteiger partial charge < -0.3 is 14.2 Å². The molecule has 0 saturated heterocycles. The number of ether oxygens (including phenoxy) is 1. The lowest BCUT2D eigenvalue weighted by atomic mass is 9.98. The number of benzene rings is 2. The van der Waals surface area contributed by atoms with Crippen LogP contribution in [0.5, 0.6) is 0 Å². The second-order valence-electron chi connectivity index (χ2n) is 6.81. The highest BCUT2D eigenvalue weighted by molar-refractivity contribution is 5.86. The van der Waals surface area contributed by atoms with Crippen LogP contribution in [0.25, 0.3) is 10.9 Å². The summed E-state index contributed by atoms with van der Waals surface area (Å²) in [6, 6.07) is 17.3. The van der Waals surface area contributed by atoms with Crippen LogP contribution in [-0.4, -0.2) is 25.3 Å². The van der Waals surface area contributed by atoms with Gasteiger partial charge in [-0.3, -0.25) is 0 Å². The average Bonchev–Trinajstić information content (AvgIpc) is 2.88. The van der Waals surface area contributed by atoms with E-state index in [1.807, 2.05) is 0 Å². The van der Waals surface area contributed by atoms with E-state index in [4.69, 9.17) is 4.74 Å². The number of fused-ring (bicyclic) bond motifs is 1. The first-order valence-electron chi connectivity index (χ1n) is 8.97. The van der Waals surface area contributed by atoms with E-state index in [9.17, 15) is 0 Å². The second kappa shape index (κ2) is 7.32. The van der Waals surface area contributed by atoms with Crippen LogP contribution in [0.2, 0.25) is 0 Å². The molecule has 1 aromatic heterocycles. The zero-order valence-corrected chi connectivity index (χ0v) is 15.9. The van der Waals surface area contributed by atoms with Crippen LogP contribution in [0, 0.1) is 6.92 Å². The monoisotopic (exact) mass is 336 g/mol. The van der Waals surface area contributed by atoms with Gasteiger partial charge in [-0.2, -0.15) is 0 Å². The highest BCUT2D eigenvalue weighted by atomic mass is 16.5. The first-order chi connectivity index (χ1) is 12.0. The van der Waals surface area contributed by atoms with Crippen LogP contribution in [-0.2, 0) is 11.8 Å². The number of aromatic nitrogens is 1. The number of aryl methyl sites for hydroxylation is 1. The SMILES string of the molecule is CCCOC(c1ccc(N(C)C)cc1)c1c(C)n(C)c2ccccc12. The van der Waals surface area contributed by atoms with Crippen molar-refractivity contribution < 1.29 is 4.74 Å². The zero-order valence-electron chi connectivity index (χ0n) is 15.9. The van der Waals surface area contributed by atoms with E-state index < -0.39 is 0 Å². The van der Waals surface area contributed by atoms with Crippen molar-refractivity contribution in [2.45, 2.75) is 26.4 Å². The van der Waals surface area contributed by atoms with Crippen molar-refractivity contribution in [3.8, 4) is 0 Å². The van der Waals surface area contributed by atoms with Crippen LogP contribution in [0.4, 0.5) is 5.69 Å². The van der Waals surface area contributed by atoms with Crippen molar-refractivity contribution in [3.63, 3.8) is 0 Å². The first-order valence-corrected chi connectivity index (χ1v) is 8.97. The topological polar surface area (TPSA) is 17.4 Å². The zero-order chi connectivity index (χ0) is 18.0. The lowest BCUT2D eigenvalue weighted by Crippen LogP contribution is -2.11. The average molecular weight is 336 g/mol. The van der Waals surface area contributed by atoms with Gasteiger partial charge in [-0.25, -0.2) is 0 Å². The molecular weight excluding hydrogens is 308 g/mol. The Morgan fingerprint density at radius 2 is 1.72 bits per heavy atom. The molecule has 0 bridgehead atoms. The van der Waals surface area contributed by atoms with Crippen LogP contribution >= 0.6 is 0 Å². The van der Waals surface area contributed by atoms with E-state index in [1.165, 1.54) is 33.4 Å². The molecule has 0 spiro atoms. The Morgan fingerprint density at radius 3 is 2.36 bits per heavy atom. The van der Waals surface area contributed by atoms with Gasteiger partial charge in [0.1, 0.15) is 6.10 Å². The molecular formula is C22H28N2O. The molecule has 1 heterocycles. The van der Waals surface area contributed by atoms with E-state index in [-0.39, 0.29) is 6.10 Å². The summed E-state index contributed by atoms with van der Waals surface area (Å²) in [4.78, 5) is 2.12. The molecule has 0 saturated carbocycles. The van der Waals surface area contributed by atoms with Crippen molar-refractivity contribution in [2.75, 3.05) is 25.6 Å². The van der Waals surface area contributed by atoms with Crippen LogP contribution in [0.1, 0.15) is 36.3 Å². The van der Waals surface area contributed by atoms with Gasteiger partial charge in [0.25, 0.3) is 0 Å². The minimum atomic E-state index is -0.0396. The van der Waals surface area contributed by atoms with Gasteiger partial charge in [0, 0.05) is 55.6 Å². The maximum atomic E-state index is 6.34. The van der Waals surface area contributed by atoms with E-state index in [0.717, 1.165) is 13.0 Å². The molecule has 1 atom stereocenters. The molecule has 0 amide bonds. The fourth-order valence-corrected chi connectivity index (χ4v) is 3.41. The molecule has 132 valence electrons. The Hall–Kier alpha value is -2.26. The lowest BCUT2D eigenvalue weighted by Gasteiger charge is -2.21. The quantitative estimate of drug-likeness (QED) is 0.625. The summed E-state index contributed by atoms with van der Waals surface area (Å²) < 4.78 is 8.60. The summed E-state index contributed by atoms with van der Waals surface area (Å²) in [5.41, 5.74) is 6.21. The number of rotatable bonds is 6. The summed E-state index contributed by atoms with van der Waals surface area (Å²) in [5, 5.41) is 1.28. The van der Waals surface area contributed by atoms with Crippen LogP contribution in [0.15, 0.2) is 48.5 Å². The Bertz CT molecular complexity index is 846. The van der Waals surface area contributed by atoms with Crippen molar-refractivity contribution in [1.82, 2.24) is 4.57 Å². The van der Waals surface area contributed by atoms with E-state index in [0.29, 0.717) is 0 Å². The third kappa shape index (κ3) is 3.29. The lowest BCUT2D eigenvalue weighted by molar-refractivity contribution is 0.0810. The Kier molecular flexibility index (Phi) is 5.14. The molecule has 0 aliphatic rings. The van der Waals surface area contributed by atoms with Gasteiger partial charge in [0.15, 0.2) is 0 Å². The molecule has 0 radical (unpaired) electrons. The summed E-state index contributed by atoms with van der Waals surface area (Å²) in [6.45, 7) is 5.09. The Morgan fingerprint density at radius 1 is 1.04 bits per heavy atom. The van der Waals surface area contributed by atoms with Gasteiger partial charge in [0.2, 0.25) is 0 Å². The fraction of sp³-hybridized carbons (Fsp3) is 0.364. The summed E-state index contributed by atoms with van der Waals surface area (Å²) in [7, 11) is 6.26. The van der Waals surface area contributed by atoms with Gasteiger partial charge in [-0.15, -0.1) is 0 Å². The molecule has 3 rings (SSSR count). The van der Waals surface area contributed by atoms with Gasteiger partial charge in [-0.05, 0) is 37.1 Å². The maximum absolute atomic E-state index is 6.34. The minimum absolute atomic E-state index is 0.0396. The standard InChI is InChI=1S/C22H28N2O/c1-6-15-25-22(17-11-13-18(14-12-17)23(3)4)21-16(2)24(5)20-10-8-7-9-19(20)21/h7-14,22H,6,15H2,1-5H3. The number of hydrogen-bond donors (Lipinski definition) is 0. The summed E-state index contributed by atoms with van der Waals surface area (Å²) in [5.74, 6) is 0. The molecule has 3 nitrogen and oxygen atoms in total. The predicted octanol–water partition coefficient (Wildman–Crippen LogP) is 5.07. The molecule has 3 heteroatoms. The van der Waals surface area contributed by atoms with Gasteiger partial charge in [-0.1, -0.05) is 37.3 Å². The van der Waals surface area contributed by atoms with Crippen LogP contribution in [0.3, 0.4) is 0 Å². The van der Waals surface area contributed by atoms with Crippen molar-refractivity contribution >= 4 is 16.6 Å². The highest BCUT2D eigenvalue weighted by Gasteiger charge is 2.23. The minimum Gasteiger partial charge on any atom is -0.378 e. The Balaban J connectivity index is 2.12. The first kappa shape index (κ1) is 17.6. The van der Waals surface area contributed by atoms with Gasteiger partial charge in [0.05, 0.1) is 0 Å². The van der Waals surface area contributed by atoms with Crippen LogP contribution < -0.4 is 4.90 Å². The fourth-order valence-electron chi connectivity index (χ4n) is 3.41. The van der Waals surface area contributed by atoms with Gasteiger partial charge >= 0.3 is 0 Å². The molecule has 3 aromatic rings. The maximum Gasteiger partial charge on any atom is 0.110 e. The van der Waals surface area contributed by atoms with E-state index in [2.05, 4.69) is 93.0 Å². The highest BCUT2D eigenvalue weighted by Crippen LogP contribution is 2.36. The molecule has 2 aromatic carbocycles. The van der Waals surface area contributed by atoms with E-state index in [1.54, 1.807) is 0 Å². The number of hydrogen-bond acceptors (Lipinski definition) is 2. The molecule has 0 aliphatic carbocycles. The predicted molar refractivity (Wildman–Crippen MR) is 107 cm³/mol. The molecule has 1 unspecified atom stereocenters.